The lowest BCUT2D eigenvalue weighted by Gasteiger charge is -2.31. The Labute approximate surface area is 116 Å². The van der Waals surface area contributed by atoms with Crippen LogP contribution in [-0.2, 0) is 13.6 Å². The molecule has 0 unspecified atom stereocenters. The van der Waals surface area contributed by atoms with E-state index in [0.717, 1.165) is 51.4 Å². The zero-order valence-corrected chi connectivity index (χ0v) is 12.6. The third kappa shape index (κ3) is 5.16. The second-order valence-electron chi connectivity index (χ2n) is 5.59. The molecule has 6 heteroatoms. The number of rotatable bonds is 6. The van der Waals surface area contributed by atoms with Gasteiger partial charge >= 0.3 is 7.75 Å². The molecule has 0 aromatic heterocycles. The van der Waals surface area contributed by atoms with Crippen molar-refractivity contribution in [2.75, 3.05) is 6.67 Å². The summed E-state index contributed by atoms with van der Waals surface area (Å²) >= 11 is 0. The third-order valence-electron chi connectivity index (χ3n) is 3.97. The van der Waals surface area contributed by atoms with Gasteiger partial charge in [0.25, 0.3) is 0 Å². The zero-order valence-electron chi connectivity index (χ0n) is 11.7. The molecular formula is C13H27N2O3P. The summed E-state index contributed by atoms with van der Waals surface area (Å²) < 4.78 is 24.2. The van der Waals surface area contributed by atoms with E-state index < -0.39 is 7.75 Å². The van der Waals surface area contributed by atoms with E-state index in [4.69, 9.17) is 14.8 Å². The van der Waals surface area contributed by atoms with Crippen LogP contribution in [0.25, 0.3) is 0 Å². The van der Waals surface area contributed by atoms with Crippen LogP contribution in [0.15, 0.2) is 0 Å². The van der Waals surface area contributed by atoms with Crippen LogP contribution in [0.3, 0.4) is 0 Å². The lowest BCUT2D eigenvalue weighted by Crippen LogP contribution is -2.29. The van der Waals surface area contributed by atoms with Crippen molar-refractivity contribution >= 4 is 7.75 Å². The Balaban J connectivity index is 1.89. The number of hydrogen-bond acceptors (Lipinski definition) is 4. The molecule has 0 aromatic carbocycles. The smallest absolute Gasteiger partial charge is 0.318 e. The summed E-state index contributed by atoms with van der Waals surface area (Å²) in [5.41, 5.74) is 5.48. The van der Waals surface area contributed by atoms with Gasteiger partial charge in [-0.1, -0.05) is 38.5 Å². The minimum atomic E-state index is -3.23. The van der Waals surface area contributed by atoms with Gasteiger partial charge in [0.1, 0.15) is 0 Å². The van der Waals surface area contributed by atoms with Crippen LogP contribution in [0, 0.1) is 0 Å². The number of nitrogens with two attached hydrogens (primary N) is 1. The molecule has 19 heavy (non-hydrogen) atoms. The molecule has 0 aromatic rings. The van der Waals surface area contributed by atoms with Gasteiger partial charge in [0.2, 0.25) is 0 Å². The first-order valence-corrected chi connectivity index (χ1v) is 9.18. The summed E-state index contributed by atoms with van der Waals surface area (Å²) in [4.78, 5) is 0. The molecule has 2 rings (SSSR count). The van der Waals surface area contributed by atoms with Crippen molar-refractivity contribution in [2.24, 2.45) is 5.73 Å². The highest BCUT2D eigenvalue weighted by Crippen LogP contribution is 2.49. The maximum atomic E-state index is 12.7. The Bertz CT molecular complexity index is 278. The van der Waals surface area contributed by atoms with Crippen LogP contribution in [0.2, 0.25) is 0 Å². The lowest BCUT2D eigenvalue weighted by atomic mass is 9.98. The van der Waals surface area contributed by atoms with E-state index in [9.17, 15) is 4.57 Å². The summed E-state index contributed by atoms with van der Waals surface area (Å²) in [6.45, 7) is 0.122. The van der Waals surface area contributed by atoms with Gasteiger partial charge in [0, 0.05) is 0 Å². The molecule has 0 atom stereocenters. The molecular weight excluding hydrogens is 263 g/mol. The predicted octanol–water partition coefficient (Wildman–Crippen LogP) is 3.30. The van der Waals surface area contributed by atoms with Crippen LogP contribution >= 0.6 is 7.75 Å². The zero-order chi connectivity index (χ0) is 13.6. The lowest BCUT2D eigenvalue weighted by molar-refractivity contribution is 0.0742. The standard InChI is InChI=1S/C13H27N2O3P/c14-11-15-19(16,17-12-7-3-1-4-8-12)18-13-9-5-2-6-10-13/h12-13H,1-11,14H2,(H,15,16). The molecule has 2 aliphatic rings. The molecule has 3 N–H and O–H groups in total. The molecule has 0 heterocycles. The van der Waals surface area contributed by atoms with Gasteiger partial charge < -0.3 is 5.73 Å². The van der Waals surface area contributed by atoms with Crippen LogP contribution in [0.1, 0.15) is 64.2 Å². The first kappa shape index (κ1) is 15.5. The fraction of sp³-hybridized carbons (Fsp3) is 1.00. The molecule has 2 fully saturated rings. The first-order valence-electron chi connectivity index (χ1n) is 7.64. The van der Waals surface area contributed by atoms with Crippen LogP contribution in [0.4, 0.5) is 0 Å². The molecule has 0 radical (unpaired) electrons. The van der Waals surface area contributed by atoms with Crippen molar-refractivity contribution in [3.05, 3.63) is 0 Å². The summed E-state index contributed by atoms with van der Waals surface area (Å²) in [6.07, 6.45) is 11.1. The summed E-state index contributed by atoms with van der Waals surface area (Å²) in [6, 6.07) is 0. The highest BCUT2D eigenvalue weighted by Gasteiger charge is 2.32. The summed E-state index contributed by atoms with van der Waals surface area (Å²) in [7, 11) is -3.23. The van der Waals surface area contributed by atoms with Crippen molar-refractivity contribution < 1.29 is 13.6 Å². The van der Waals surface area contributed by atoms with Crippen molar-refractivity contribution in [3.63, 3.8) is 0 Å². The normalized spacial score (nSPS) is 23.6. The van der Waals surface area contributed by atoms with Crippen molar-refractivity contribution in [2.45, 2.75) is 76.4 Å². The third-order valence-corrected chi connectivity index (χ3v) is 5.69. The van der Waals surface area contributed by atoms with Crippen molar-refractivity contribution in [1.82, 2.24) is 5.09 Å². The molecule has 112 valence electrons. The fourth-order valence-electron chi connectivity index (χ4n) is 2.94. The molecule has 2 saturated carbocycles. The van der Waals surface area contributed by atoms with Crippen LogP contribution in [0.5, 0.6) is 0 Å². The highest BCUT2D eigenvalue weighted by molar-refractivity contribution is 7.51. The molecule has 5 nitrogen and oxygen atoms in total. The van der Waals surface area contributed by atoms with Gasteiger partial charge in [0.05, 0.1) is 18.9 Å². The monoisotopic (exact) mass is 290 g/mol. The van der Waals surface area contributed by atoms with E-state index in [1.807, 2.05) is 0 Å². The van der Waals surface area contributed by atoms with E-state index in [1.165, 1.54) is 12.8 Å². The van der Waals surface area contributed by atoms with Crippen LogP contribution < -0.4 is 10.8 Å². The van der Waals surface area contributed by atoms with E-state index in [0.29, 0.717) is 0 Å². The van der Waals surface area contributed by atoms with Gasteiger partial charge in [0.15, 0.2) is 0 Å². The topological polar surface area (TPSA) is 73.6 Å². The number of hydrogen-bond donors (Lipinski definition) is 2. The van der Waals surface area contributed by atoms with Gasteiger partial charge in [-0.05, 0) is 25.7 Å². The van der Waals surface area contributed by atoms with Gasteiger partial charge in [-0.3, -0.25) is 9.05 Å². The quantitative estimate of drug-likeness (QED) is 0.580. The van der Waals surface area contributed by atoms with E-state index in [2.05, 4.69) is 5.09 Å². The predicted molar refractivity (Wildman–Crippen MR) is 75.7 cm³/mol. The second-order valence-corrected chi connectivity index (χ2v) is 7.32. The van der Waals surface area contributed by atoms with Gasteiger partial charge in [-0.25, -0.2) is 9.65 Å². The van der Waals surface area contributed by atoms with Crippen molar-refractivity contribution in [3.8, 4) is 0 Å². The van der Waals surface area contributed by atoms with E-state index in [1.54, 1.807) is 0 Å². The largest absolute Gasteiger partial charge is 0.407 e. The summed E-state index contributed by atoms with van der Waals surface area (Å²) in [5, 5.41) is 2.74. The van der Waals surface area contributed by atoms with E-state index >= 15 is 0 Å². The molecule has 0 saturated heterocycles. The molecule has 0 aliphatic heterocycles. The Hall–Kier alpha value is 0.0700. The minimum absolute atomic E-state index is 0.0576. The maximum absolute atomic E-state index is 12.7. The highest BCUT2D eigenvalue weighted by atomic mass is 31.2. The van der Waals surface area contributed by atoms with Crippen LogP contribution in [-0.4, -0.2) is 18.9 Å². The second kappa shape index (κ2) is 7.75. The molecule has 2 aliphatic carbocycles. The van der Waals surface area contributed by atoms with Gasteiger partial charge in [-0.2, -0.15) is 0 Å². The molecule has 0 amide bonds. The SMILES string of the molecule is NCNP(=O)(OC1CCCCC1)OC1CCCCC1. The Morgan fingerprint density at radius 3 is 1.68 bits per heavy atom. The average molecular weight is 290 g/mol. The Morgan fingerprint density at radius 1 is 0.895 bits per heavy atom. The minimum Gasteiger partial charge on any atom is -0.318 e. The average Bonchev–Trinajstić information content (AvgIpc) is 2.41. The Morgan fingerprint density at radius 2 is 1.32 bits per heavy atom. The van der Waals surface area contributed by atoms with E-state index in [-0.39, 0.29) is 18.9 Å². The fourth-order valence-corrected chi connectivity index (χ4v) is 4.57. The number of nitrogens with one attached hydrogen (secondary N) is 1. The molecule has 0 bridgehead atoms. The molecule has 0 spiro atoms. The van der Waals surface area contributed by atoms with Crippen molar-refractivity contribution in [1.29, 1.82) is 0 Å². The van der Waals surface area contributed by atoms with Gasteiger partial charge in [-0.15, -0.1) is 0 Å². The maximum Gasteiger partial charge on any atom is 0.407 e. The first-order chi connectivity index (χ1) is 9.22. The Kier molecular flexibility index (Phi) is 6.30. The summed E-state index contributed by atoms with van der Waals surface area (Å²) in [5.74, 6) is 0.